The zero-order chi connectivity index (χ0) is 19.5. The van der Waals surface area contributed by atoms with Crippen LogP contribution in [0.2, 0.25) is 0 Å². The minimum Gasteiger partial charge on any atom is -0.392 e. The van der Waals surface area contributed by atoms with E-state index in [2.05, 4.69) is 12.1 Å². The number of aliphatic hydroxyl groups is 1. The van der Waals surface area contributed by atoms with Crippen LogP contribution in [0.4, 0.5) is 0 Å². The first kappa shape index (κ1) is 18.5. The lowest BCUT2D eigenvalue weighted by molar-refractivity contribution is -0.140. The lowest BCUT2D eigenvalue weighted by Gasteiger charge is -2.49. The summed E-state index contributed by atoms with van der Waals surface area (Å²) >= 11 is 0. The maximum Gasteiger partial charge on any atom is 0.220 e. The number of likely N-dealkylation sites (tertiary alicyclic amines) is 1. The molecule has 1 heterocycles. The molecule has 0 aromatic heterocycles. The Kier molecular flexibility index (Phi) is 5.27. The zero-order valence-electron chi connectivity index (χ0n) is 16.0. The molecule has 3 nitrogen and oxygen atoms in total. The number of aliphatic hydroxyl groups excluding tert-OH is 1. The Bertz CT molecular complexity index is 911. The number of carbonyl (C=O) groups is 1. The third kappa shape index (κ3) is 3.46. The van der Waals surface area contributed by atoms with Crippen LogP contribution in [0.5, 0.6) is 0 Å². The van der Waals surface area contributed by atoms with Gasteiger partial charge in [-0.05, 0) is 23.1 Å². The molecule has 1 aliphatic heterocycles. The predicted octanol–water partition coefficient (Wildman–Crippen LogP) is 4.87. The molecule has 4 atom stereocenters. The lowest BCUT2D eigenvalue weighted by atomic mass is 9.74. The van der Waals surface area contributed by atoms with Gasteiger partial charge in [0.2, 0.25) is 5.91 Å². The van der Waals surface area contributed by atoms with Crippen molar-refractivity contribution in [3.8, 4) is 0 Å². The average molecular weight is 371 g/mol. The van der Waals surface area contributed by atoms with Crippen molar-refractivity contribution in [1.82, 2.24) is 4.90 Å². The third-order valence-corrected chi connectivity index (χ3v) is 5.73. The van der Waals surface area contributed by atoms with Crippen LogP contribution >= 0.6 is 0 Å². The largest absolute Gasteiger partial charge is 0.392 e. The van der Waals surface area contributed by atoms with E-state index in [4.69, 9.17) is 0 Å². The number of benzene rings is 3. The molecule has 0 bridgehead atoms. The van der Waals surface area contributed by atoms with Crippen LogP contribution in [0, 0.1) is 0 Å². The fourth-order valence-electron chi connectivity index (χ4n) is 4.55. The average Bonchev–Trinajstić information content (AvgIpc) is 2.74. The van der Waals surface area contributed by atoms with Crippen molar-refractivity contribution in [1.29, 1.82) is 0 Å². The molecule has 1 N–H and O–H groups in total. The second-order valence-electron chi connectivity index (χ2n) is 7.45. The number of amides is 1. The van der Waals surface area contributed by atoms with Crippen LogP contribution in [0.15, 0.2) is 91.0 Å². The summed E-state index contributed by atoms with van der Waals surface area (Å²) in [5.41, 5.74) is 3.16. The van der Waals surface area contributed by atoms with Crippen molar-refractivity contribution in [2.24, 2.45) is 0 Å². The molecule has 3 heteroatoms. The highest BCUT2D eigenvalue weighted by Gasteiger charge is 2.45. The number of rotatable bonds is 3. The monoisotopic (exact) mass is 371 g/mol. The topological polar surface area (TPSA) is 40.5 Å². The number of hydrogen-bond donors (Lipinski definition) is 1. The van der Waals surface area contributed by atoms with Gasteiger partial charge in [-0.15, -0.1) is 0 Å². The molecule has 0 spiro atoms. The van der Waals surface area contributed by atoms with E-state index < -0.39 is 6.10 Å². The van der Waals surface area contributed by atoms with Crippen molar-refractivity contribution in [3.63, 3.8) is 0 Å². The summed E-state index contributed by atoms with van der Waals surface area (Å²) in [5.74, 6) is -0.150. The van der Waals surface area contributed by atoms with Crippen molar-refractivity contribution in [2.45, 2.75) is 37.5 Å². The first-order valence-corrected chi connectivity index (χ1v) is 9.78. The molecule has 142 valence electrons. The highest BCUT2D eigenvalue weighted by atomic mass is 16.3. The summed E-state index contributed by atoms with van der Waals surface area (Å²) in [6, 6.07) is 29.8. The summed E-state index contributed by atoms with van der Waals surface area (Å²) in [4.78, 5) is 14.9. The molecule has 1 aliphatic rings. The van der Waals surface area contributed by atoms with E-state index in [1.54, 1.807) is 6.92 Å². The van der Waals surface area contributed by atoms with E-state index in [0.717, 1.165) is 16.7 Å². The molecule has 1 saturated heterocycles. The molecule has 0 radical (unpaired) electrons. The smallest absolute Gasteiger partial charge is 0.220 e. The van der Waals surface area contributed by atoms with Crippen LogP contribution in [-0.4, -0.2) is 22.0 Å². The maximum atomic E-state index is 12.9. The first-order valence-electron chi connectivity index (χ1n) is 9.78. The van der Waals surface area contributed by atoms with Crippen LogP contribution in [-0.2, 0) is 4.79 Å². The third-order valence-electron chi connectivity index (χ3n) is 5.73. The van der Waals surface area contributed by atoms with Gasteiger partial charge >= 0.3 is 0 Å². The fourth-order valence-corrected chi connectivity index (χ4v) is 4.55. The van der Waals surface area contributed by atoms with Crippen molar-refractivity contribution in [3.05, 3.63) is 108 Å². The Labute approximate surface area is 166 Å². The molecule has 0 unspecified atom stereocenters. The Morgan fingerprint density at radius 1 is 0.786 bits per heavy atom. The van der Waals surface area contributed by atoms with Crippen molar-refractivity contribution in [2.75, 3.05) is 0 Å². The molecular formula is C25H25NO2. The number of piperidine rings is 1. The molecule has 0 saturated carbocycles. The number of nitrogens with zero attached hydrogens (tertiary/aromatic N) is 1. The predicted molar refractivity (Wildman–Crippen MR) is 111 cm³/mol. The van der Waals surface area contributed by atoms with Gasteiger partial charge in [-0.1, -0.05) is 91.0 Å². The van der Waals surface area contributed by atoms with E-state index in [1.165, 1.54) is 0 Å². The van der Waals surface area contributed by atoms with Gasteiger partial charge in [0.05, 0.1) is 18.2 Å². The summed E-state index contributed by atoms with van der Waals surface area (Å²) in [6.07, 6.45) is -0.0274. The van der Waals surface area contributed by atoms with Crippen LogP contribution in [0.1, 0.15) is 48.0 Å². The minimum absolute atomic E-state index is 0.0236. The Morgan fingerprint density at radius 2 is 1.25 bits per heavy atom. The van der Waals surface area contributed by atoms with Gasteiger partial charge in [-0.25, -0.2) is 0 Å². The van der Waals surface area contributed by atoms with Gasteiger partial charge in [0, 0.05) is 12.8 Å². The quantitative estimate of drug-likeness (QED) is 0.714. The first-order chi connectivity index (χ1) is 13.7. The molecule has 28 heavy (non-hydrogen) atoms. The second-order valence-corrected chi connectivity index (χ2v) is 7.45. The summed E-state index contributed by atoms with van der Waals surface area (Å²) in [5, 5.41) is 11.2. The van der Waals surface area contributed by atoms with Gasteiger partial charge in [0.15, 0.2) is 0 Å². The zero-order valence-corrected chi connectivity index (χ0v) is 16.0. The number of hydrogen-bond acceptors (Lipinski definition) is 2. The van der Waals surface area contributed by atoms with Gasteiger partial charge in [0.25, 0.3) is 0 Å². The number of carbonyl (C=O) groups excluding carboxylic acids is 1. The van der Waals surface area contributed by atoms with Crippen LogP contribution < -0.4 is 0 Å². The van der Waals surface area contributed by atoms with E-state index in [-0.39, 0.29) is 23.9 Å². The Morgan fingerprint density at radius 3 is 1.75 bits per heavy atom. The summed E-state index contributed by atoms with van der Waals surface area (Å²) in [7, 11) is 0. The molecule has 1 fully saturated rings. The van der Waals surface area contributed by atoms with E-state index in [0.29, 0.717) is 6.42 Å². The minimum atomic E-state index is -0.548. The second kappa shape index (κ2) is 7.99. The van der Waals surface area contributed by atoms with Crippen LogP contribution in [0.3, 0.4) is 0 Å². The highest BCUT2D eigenvalue weighted by molar-refractivity contribution is 5.75. The van der Waals surface area contributed by atoms with E-state index >= 15 is 0 Å². The Balaban J connectivity index is 1.86. The van der Waals surface area contributed by atoms with Crippen molar-refractivity contribution < 1.29 is 9.90 Å². The Hall–Kier alpha value is -2.91. The molecular weight excluding hydrogens is 346 g/mol. The van der Waals surface area contributed by atoms with Crippen LogP contribution in [0.25, 0.3) is 0 Å². The van der Waals surface area contributed by atoms with Gasteiger partial charge < -0.3 is 10.0 Å². The van der Waals surface area contributed by atoms with E-state index in [9.17, 15) is 9.90 Å². The molecule has 0 aliphatic carbocycles. The SMILES string of the molecule is CC(=O)N1[C@H](c2ccccc2)C[C@H](O)[C@H](c2ccccc2)[C@@H]1c1ccccc1. The summed E-state index contributed by atoms with van der Waals surface area (Å²) < 4.78 is 0. The van der Waals surface area contributed by atoms with Gasteiger partial charge in [-0.2, -0.15) is 0 Å². The van der Waals surface area contributed by atoms with Gasteiger partial charge in [0.1, 0.15) is 0 Å². The maximum absolute atomic E-state index is 12.9. The highest BCUT2D eigenvalue weighted by Crippen LogP contribution is 2.49. The normalized spacial score (nSPS) is 24.7. The molecule has 1 amide bonds. The molecule has 3 aromatic carbocycles. The molecule has 3 aromatic rings. The summed E-state index contributed by atoms with van der Waals surface area (Å²) in [6.45, 7) is 1.63. The standard InChI is InChI=1S/C25H25NO2/c1-18(27)26-22(19-11-5-2-6-12-19)17-23(28)24(20-13-7-3-8-14-20)25(26)21-15-9-4-10-16-21/h2-16,22-25,28H,17H2,1H3/t22-,23-,24-,25-/m0/s1. The lowest BCUT2D eigenvalue weighted by Crippen LogP contribution is -2.48. The fraction of sp³-hybridized carbons (Fsp3) is 0.240. The van der Waals surface area contributed by atoms with Gasteiger partial charge in [-0.3, -0.25) is 4.79 Å². The molecule has 4 rings (SSSR count). The van der Waals surface area contributed by atoms with Crippen molar-refractivity contribution >= 4 is 5.91 Å². The van der Waals surface area contributed by atoms with E-state index in [1.807, 2.05) is 83.8 Å².